The molecule has 278 valence electrons. The number of aromatic nitrogens is 3. The second-order valence-corrected chi connectivity index (χ2v) is 16.7. The van der Waals surface area contributed by atoms with Crippen LogP contribution in [0.15, 0.2) is 198 Å². The summed E-state index contributed by atoms with van der Waals surface area (Å²) in [5.41, 5.74) is 18.4. The van der Waals surface area contributed by atoms with Gasteiger partial charge in [0.05, 0.1) is 27.8 Å². The first-order chi connectivity index (χ1) is 29.2. The quantitative estimate of drug-likeness (QED) is 0.162. The summed E-state index contributed by atoms with van der Waals surface area (Å²) in [5.74, 6) is 1.06. The minimum atomic E-state index is 0.236. The van der Waals surface area contributed by atoms with E-state index in [1.165, 1.54) is 87.2 Å². The highest BCUT2D eigenvalue weighted by molar-refractivity contribution is 7.99. The van der Waals surface area contributed by atoms with Crippen molar-refractivity contribution in [3.05, 3.63) is 222 Å². The third-order valence-electron chi connectivity index (χ3n) is 12.3. The lowest BCUT2D eigenvalue weighted by Gasteiger charge is -2.15. The molecule has 0 spiro atoms. The molecule has 0 N–H and O–H groups in total. The Hall–Kier alpha value is -7.01. The van der Waals surface area contributed by atoms with E-state index in [1.54, 1.807) is 0 Å². The second kappa shape index (κ2) is 13.5. The standard InChI is InChI=1S/C55H37N3S/c1-34-27-28-38(37-29-30-42-45(31-37)39-19-8-10-21-41(39)52(42)35-15-4-2-5-16-35)32-50(34)59-55-46(54-43-22-11-9-20-40(43)48-25-14-26-49(55)58(48)54)33-51-56-47-24-13-12-23-44(47)53(57-51)36-17-6-3-7-18-36/h2-32,52H,33H2,1H3. The molecule has 0 bridgehead atoms. The van der Waals surface area contributed by atoms with Gasteiger partial charge >= 0.3 is 0 Å². The van der Waals surface area contributed by atoms with E-state index >= 15 is 0 Å². The zero-order valence-corrected chi connectivity index (χ0v) is 33.2. The number of benzene rings is 7. The summed E-state index contributed by atoms with van der Waals surface area (Å²) in [6, 6.07) is 68.4. The molecule has 4 aromatic heterocycles. The van der Waals surface area contributed by atoms with Gasteiger partial charge < -0.3 is 4.40 Å². The molecule has 1 aliphatic rings. The van der Waals surface area contributed by atoms with Crippen LogP contribution in [0.1, 0.15) is 39.6 Å². The van der Waals surface area contributed by atoms with Crippen molar-refractivity contribution >= 4 is 50.0 Å². The number of hydrogen-bond acceptors (Lipinski definition) is 3. The Bertz CT molecular complexity index is 3400. The Morgan fingerprint density at radius 1 is 0.525 bits per heavy atom. The molecule has 0 radical (unpaired) electrons. The molecule has 1 aliphatic carbocycles. The fraction of sp³-hybridized carbons (Fsp3) is 0.0545. The SMILES string of the molecule is Cc1ccc(-c2ccc3c(c2)-c2ccccc2C3c2ccccc2)cc1Sc1c(Cc2nc(-c3ccccc3)c3ccccc3n2)c2c3ccccc3c3cccc1n32. The van der Waals surface area contributed by atoms with E-state index in [1.807, 2.05) is 11.8 Å². The average molecular weight is 772 g/mol. The highest BCUT2D eigenvalue weighted by atomic mass is 32.2. The summed E-state index contributed by atoms with van der Waals surface area (Å²) in [4.78, 5) is 13.1. The maximum atomic E-state index is 5.34. The first kappa shape index (κ1) is 34.1. The lowest BCUT2D eigenvalue weighted by molar-refractivity contribution is 0.991. The Labute approximate surface area is 347 Å². The summed E-state index contributed by atoms with van der Waals surface area (Å²) in [6.07, 6.45) is 0.601. The fourth-order valence-corrected chi connectivity index (χ4v) is 10.8. The van der Waals surface area contributed by atoms with E-state index in [0.717, 1.165) is 28.0 Å². The Morgan fingerprint density at radius 3 is 2.07 bits per heavy atom. The highest BCUT2D eigenvalue weighted by Crippen LogP contribution is 2.50. The first-order valence-corrected chi connectivity index (χ1v) is 21.1. The molecule has 4 heterocycles. The summed E-state index contributed by atoms with van der Waals surface area (Å²) < 4.78 is 2.47. The van der Waals surface area contributed by atoms with Gasteiger partial charge in [-0.25, -0.2) is 9.97 Å². The zero-order valence-electron chi connectivity index (χ0n) is 32.4. The number of fused-ring (bicyclic) bond motifs is 7. The van der Waals surface area contributed by atoms with Crippen LogP contribution in [0.5, 0.6) is 0 Å². The van der Waals surface area contributed by atoms with Gasteiger partial charge in [0.25, 0.3) is 0 Å². The van der Waals surface area contributed by atoms with Crippen molar-refractivity contribution in [1.29, 1.82) is 0 Å². The number of hydrogen-bond donors (Lipinski definition) is 0. The van der Waals surface area contributed by atoms with Gasteiger partial charge in [-0.1, -0.05) is 169 Å². The monoisotopic (exact) mass is 771 g/mol. The van der Waals surface area contributed by atoms with E-state index in [4.69, 9.17) is 9.97 Å². The van der Waals surface area contributed by atoms with Crippen molar-refractivity contribution in [1.82, 2.24) is 14.4 Å². The third-order valence-corrected chi connectivity index (χ3v) is 13.6. The van der Waals surface area contributed by atoms with Crippen LogP contribution in [-0.4, -0.2) is 14.4 Å². The van der Waals surface area contributed by atoms with Gasteiger partial charge in [-0.3, -0.25) is 0 Å². The van der Waals surface area contributed by atoms with E-state index in [2.05, 4.69) is 199 Å². The summed E-state index contributed by atoms with van der Waals surface area (Å²) in [5, 5.41) is 3.59. The van der Waals surface area contributed by atoms with Gasteiger partial charge in [0.2, 0.25) is 0 Å². The van der Waals surface area contributed by atoms with Crippen molar-refractivity contribution in [3.8, 4) is 33.5 Å². The fourth-order valence-electron chi connectivity index (χ4n) is 9.57. The molecule has 59 heavy (non-hydrogen) atoms. The lowest BCUT2D eigenvalue weighted by atomic mass is 9.89. The smallest absolute Gasteiger partial charge is 0.134 e. The van der Waals surface area contributed by atoms with Crippen LogP contribution in [0.25, 0.3) is 71.7 Å². The normalized spacial score (nSPS) is 13.5. The van der Waals surface area contributed by atoms with Crippen molar-refractivity contribution in [2.45, 2.75) is 29.1 Å². The topological polar surface area (TPSA) is 30.2 Å². The minimum Gasteiger partial charge on any atom is -0.308 e. The summed E-state index contributed by atoms with van der Waals surface area (Å²) in [7, 11) is 0. The van der Waals surface area contributed by atoms with Crippen molar-refractivity contribution in [2.75, 3.05) is 0 Å². The lowest BCUT2D eigenvalue weighted by Crippen LogP contribution is -2.01. The Morgan fingerprint density at radius 2 is 1.20 bits per heavy atom. The van der Waals surface area contributed by atoms with E-state index < -0.39 is 0 Å². The average Bonchev–Trinajstić information content (AvgIpc) is 3.92. The molecular weight excluding hydrogens is 735 g/mol. The minimum absolute atomic E-state index is 0.236. The van der Waals surface area contributed by atoms with Crippen LogP contribution in [-0.2, 0) is 6.42 Å². The van der Waals surface area contributed by atoms with Crippen molar-refractivity contribution in [2.24, 2.45) is 0 Å². The van der Waals surface area contributed by atoms with Crippen LogP contribution in [0.2, 0.25) is 0 Å². The third kappa shape index (κ3) is 5.44. The second-order valence-electron chi connectivity index (χ2n) is 15.7. The molecule has 7 aromatic carbocycles. The van der Waals surface area contributed by atoms with Crippen LogP contribution in [0, 0.1) is 6.92 Å². The van der Waals surface area contributed by atoms with E-state index in [9.17, 15) is 0 Å². The highest BCUT2D eigenvalue weighted by Gasteiger charge is 2.30. The van der Waals surface area contributed by atoms with Crippen molar-refractivity contribution < 1.29 is 0 Å². The van der Waals surface area contributed by atoms with Gasteiger partial charge in [0, 0.05) is 49.4 Å². The van der Waals surface area contributed by atoms with Crippen LogP contribution in [0.3, 0.4) is 0 Å². The molecular formula is C55H37N3S. The maximum Gasteiger partial charge on any atom is 0.134 e. The van der Waals surface area contributed by atoms with Crippen LogP contribution >= 0.6 is 11.8 Å². The molecule has 0 aliphatic heterocycles. The van der Waals surface area contributed by atoms with Crippen molar-refractivity contribution in [3.63, 3.8) is 0 Å². The predicted molar refractivity (Wildman–Crippen MR) is 245 cm³/mol. The number of nitrogens with zero attached hydrogens (tertiary/aromatic N) is 3. The molecule has 11 aromatic rings. The van der Waals surface area contributed by atoms with E-state index in [-0.39, 0.29) is 5.92 Å². The molecule has 4 heteroatoms. The maximum absolute atomic E-state index is 5.34. The van der Waals surface area contributed by atoms with Gasteiger partial charge in [0.15, 0.2) is 0 Å². The predicted octanol–water partition coefficient (Wildman–Crippen LogP) is 14.2. The number of pyridine rings is 1. The van der Waals surface area contributed by atoms with Gasteiger partial charge in [-0.2, -0.15) is 0 Å². The molecule has 0 saturated heterocycles. The molecule has 0 saturated carbocycles. The Kier molecular flexibility index (Phi) is 7.82. The first-order valence-electron chi connectivity index (χ1n) is 20.3. The van der Waals surface area contributed by atoms with Gasteiger partial charge in [0.1, 0.15) is 5.82 Å². The van der Waals surface area contributed by atoms with Gasteiger partial charge in [-0.05, 0) is 81.8 Å². The molecule has 0 fully saturated rings. The van der Waals surface area contributed by atoms with Crippen LogP contribution in [0.4, 0.5) is 0 Å². The number of rotatable bonds is 7. The Balaban J connectivity index is 1.00. The van der Waals surface area contributed by atoms with E-state index in [0.29, 0.717) is 6.42 Å². The zero-order chi connectivity index (χ0) is 39.0. The summed E-state index contributed by atoms with van der Waals surface area (Å²) in [6.45, 7) is 2.24. The molecule has 1 atom stereocenters. The molecule has 1 unspecified atom stereocenters. The van der Waals surface area contributed by atoms with Gasteiger partial charge in [-0.15, -0.1) is 0 Å². The molecule has 0 amide bonds. The largest absolute Gasteiger partial charge is 0.308 e. The molecule has 12 rings (SSSR count). The molecule has 3 nitrogen and oxygen atoms in total. The number of aryl methyl sites for hydroxylation is 1. The van der Waals surface area contributed by atoms with Crippen LogP contribution < -0.4 is 0 Å². The summed E-state index contributed by atoms with van der Waals surface area (Å²) >= 11 is 1.88. The number of para-hydroxylation sites is 1.